The Balaban J connectivity index is 1.79. The van der Waals surface area contributed by atoms with Gasteiger partial charge in [-0.2, -0.15) is 0 Å². The van der Waals surface area contributed by atoms with E-state index in [9.17, 15) is 9.18 Å². The quantitative estimate of drug-likeness (QED) is 0.708. The third-order valence-electron chi connectivity index (χ3n) is 4.09. The molecule has 2 aromatic carbocycles. The molecule has 0 unspecified atom stereocenters. The zero-order valence-corrected chi connectivity index (χ0v) is 13.5. The molecule has 0 aliphatic carbocycles. The Labute approximate surface area is 143 Å². The molecule has 1 aromatic heterocycles. The lowest BCUT2D eigenvalue weighted by atomic mass is 10.1. The molecule has 5 nitrogen and oxygen atoms in total. The number of halogens is 1. The lowest BCUT2D eigenvalue weighted by molar-refractivity contribution is -0.116. The number of nitrogens with one attached hydrogen (secondary N) is 2. The summed E-state index contributed by atoms with van der Waals surface area (Å²) in [6.07, 6.45) is 3.78. The fourth-order valence-corrected chi connectivity index (χ4v) is 2.87. The summed E-state index contributed by atoms with van der Waals surface area (Å²) in [5.74, 6) is -0.178. The van der Waals surface area contributed by atoms with Crippen LogP contribution in [0.2, 0.25) is 0 Å². The average Bonchev–Trinajstić information content (AvgIpc) is 3.12. The Morgan fingerprint density at radius 3 is 2.64 bits per heavy atom. The van der Waals surface area contributed by atoms with Gasteiger partial charge in [-0.05, 0) is 36.4 Å². The number of carbonyl (C=O) groups is 1. The van der Waals surface area contributed by atoms with Gasteiger partial charge in [-0.1, -0.05) is 18.2 Å². The highest BCUT2D eigenvalue weighted by atomic mass is 19.1. The van der Waals surface area contributed by atoms with Crippen molar-refractivity contribution < 1.29 is 9.18 Å². The molecule has 1 aliphatic heterocycles. The van der Waals surface area contributed by atoms with Crippen LogP contribution in [0.25, 0.3) is 17.0 Å². The fraction of sp³-hybridized carbons (Fsp3) is 0.0526. The summed E-state index contributed by atoms with van der Waals surface area (Å²) < 4.78 is 15.0. The van der Waals surface area contributed by atoms with Crippen LogP contribution >= 0.6 is 0 Å². The van der Waals surface area contributed by atoms with E-state index in [-0.39, 0.29) is 11.7 Å². The molecule has 0 saturated carbocycles. The molecular formula is C19H15FN4O. The first-order valence-electron chi connectivity index (χ1n) is 7.78. The van der Waals surface area contributed by atoms with E-state index in [1.54, 1.807) is 18.2 Å². The van der Waals surface area contributed by atoms with Gasteiger partial charge in [0, 0.05) is 29.7 Å². The number of amidine groups is 1. The molecule has 2 N–H and O–H groups in total. The number of hydrazine groups is 1. The number of carbonyl (C=O) groups excluding carboxylic acids is 1. The minimum absolute atomic E-state index is 0.256. The summed E-state index contributed by atoms with van der Waals surface area (Å²) in [6.45, 7) is 0. The van der Waals surface area contributed by atoms with E-state index in [0.717, 1.165) is 16.5 Å². The topological polar surface area (TPSA) is 58.4 Å². The first-order chi connectivity index (χ1) is 12.1. The molecule has 25 heavy (non-hydrogen) atoms. The van der Waals surface area contributed by atoms with Crippen LogP contribution in [0.5, 0.6) is 0 Å². The van der Waals surface area contributed by atoms with Crippen LogP contribution in [0.3, 0.4) is 0 Å². The van der Waals surface area contributed by atoms with Gasteiger partial charge >= 0.3 is 0 Å². The fourth-order valence-electron chi connectivity index (χ4n) is 2.87. The first kappa shape index (κ1) is 15.1. The monoisotopic (exact) mass is 334 g/mol. The van der Waals surface area contributed by atoms with Gasteiger partial charge in [-0.15, -0.1) is 0 Å². The molecular weight excluding hydrogens is 319 g/mol. The normalized spacial score (nSPS) is 17.3. The van der Waals surface area contributed by atoms with Crippen molar-refractivity contribution in [2.24, 2.45) is 12.0 Å². The summed E-state index contributed by atoms with van der Waals surface area (Å²) in [7, 11) is 1.96. The predicted molar refractivity (Wildman–Crippen MR) is 95.7 cm³/mol. The third-order valence-corrected chi connectivity index (χ3v) is 4.09. The molecule has 1 aliphatic rings. The second-order valence-corrected chi connectivity index (χ2v) is 5.79. The van der Waals surface area contributed by atoms with E-state index in [4.69, 9.17) is 0 Å². The van der Waals surface area contributed by atoms with Gasteiger partial charge in [0.25, 0.3) is 5.91 Å². The Kier molecular flexibility index (Phi) is 3.57. The zero-order chi connectivity index (χ0) is 17.4. The van der Waals surface area contributed by atoms with Crippen molar-refractivity contribution in [1.29, 1.82) is 0 Å². The van der Waals surface area contributed by atoms with Crippen LogP contribution in [-0.2, 0) is 11.8 Å². The molecule has 2 heterocycles. The standard InChI is InChI=1S/C19H15FN4O/c1-24-11-12(15-4-2-3-5-17(15)24)10-16-18(22-23-19(16)25)21-14-8-6-13(20)7-9-14/h2-11H,1H3,(H,21,22)(H,23,25). The van der Waals surface area contributed by atoms with Crippen molar-refractivity contribution in [1.82, 2.24) is 15.4 Å². The van der Waals surface area contributed by atoms with Crippen LogP contribution < -0.4 is 10.9 Å². The number of hydrogen-bond donors (Lipinski definition) is 2. The zero-order valence-electron chi connectivity index (χ0n) is 13.5. The summed E-state index contributed by atoms with van der Waals surface area (Å²) >= 11 is 0. The second kappa shape index (κ2) is 5.90. The van der Waals surface area contributed by atoms with E-state index >= 15 is 0 Å². The molecule has 4 rings (SSSR count). The van der Waals surface area contributed by atoms with Crippen LogP contribution in [0.15, 0.2) is 65.3 Å². The largest absolute Gasteiger partial charge is 0.350 e. The maximum absolute atomic E-state index is 13.0. The maximum atomic E-state index is 13.0. The molecule has 3 aromatic rings. The van der Waals surface area contributed by atoms with E-state index in [1.165, 1.54) is 12.1 Å². The number of benzene rings is 2. The van der Waals surface area contributed by atoms with Crippen molar-refractivity contribution in [2.45, 2.75) is 0 Å². The molecule has 0 atom stereocenters. The highest BCUT2D eigenvalue weighted by Crippen LogP contribution is 2.24. The highest BCUT2D eigenvalue weighted by molar-refractivity contribution is 6.28. The Bertz CT molecular complexity index is 1030. The predicted octanol–water partition coefficient (Wildman–Crippen LogP) is 3.07. The van der Waals surface area contributed by atoms with Gasteiger partial charge in [0.05, 0.1) is 11.3 Å². The van der Waals surface area contributed by atoms with Crippen molar-refractivity contribution >= 4 is 34.4 Å². The molecule has 0 bridgehead atoms. The molecule has 6 heteroatoms. The summed E-state index contributed by atoms with van der Waals surface area (Å²) in [4.78, 5) is 16.6. The van der Waals surface area contributed by atoms with Crippen LogP contribution in [0.4, 0.5) is 10.1 Å². The van der Waals surface area contributed by atoms with Crippen molar-refractivity contribution in [3.05, 3.63) is 71.7 Å². The van der Waals surface area contributed by atoms with Crippen LogP contribution in [0, 0.1) is 5.82 Å². The molecule has 0 radical (unpaired) electrons. The van der Waals surface area contributed by atoms with Gasteiger partial charge in [0.1, 0.15) is 5.82 Å². The number of fused-ring (bicyclic) bond motifs is 1. The van der Waals surface area contributed by atoms with Crippen LogP contribution in [0.1, 0.15) is 5.56 Å². The third kappa shape index (κ3) is 2.78. The average molecular weight is 334 g/mol. The number of aryl methyl sites for hydroxylation is 1. The second-order valence-electron chi connectivity index (χ2n) is 5.79. The Hall–Kier alpha value is -3.41. The number of rotatable bonds is 2. The number of hydrogen-bond acceptors (Lipinski definition) is 2. The number of aliphatic imine (C=N–C) groups is 1. The maximum Gasteiger partial charge on any atom is 0.273 e. The van der Waals surface area contributed by atoms with E-state index < -0.39 is 0 Å². The number of aromatic nitrogens is 1. The minimum Gasteiger partial charge on any atom is -0.350 e. The Morgan fingerprint density at radius 1 is 1.08 bits per heavy atom. The number of nitrogens with zero attached hydrogens (tertiary/aromatic N) is 2. The first-order valence-corrected chi connectivity index (χ1v) is 7.78. The molecule has 0 spiro atoms. The number of para-hydroxylation sites is 1. The van der Waals surface area contributed by atoms with E-state index in [0.29, 0.717) is 17.1 Å². The summed E-state index contributed by atoms with van der Waals surface area (Å²) in [5.41, 5.74) is 8.34. The lowest BCUT2D eigenvalue weighted by Gasteiger charge is -1.99. The van der Waals surface area contributed by atoms with Gasteiger partial charge in [0.2, 0.25) is 0 Å². The van der Waals surface area contributed by atoms with Gasteiger partial charge in [-0.3, -0.25) is 15.6 Å². The molecule has 1 saturated heterocycles. The van der Waals surface area contributed by atoms with Crippen molar-refractivity contribution in [3.8, 4) is 0 Å². The number of amides is 1. The molecule has 1 amide bonds. The summed E-state index contributed by atoms with van der Waals surface area (Å²) in [6, 6.07) is 13.8. The van der Waals surface area contributed by atoms with Crippen LogP contribution in [-0.4, -0.2) is 16.3 Å². The van der Waals surface area contributed by atoms with Gasteiger partial charge < -0.3 is 4.57 Å². The van der Waals surface area contributed by atoms with Crippen molar-refractivity contribution in [2.75, 3.05) is 0 Å². The molecule has 1 fully saturated rings. The molecule has 124 valence electrons. The minimum atomic E-state index is -0.330. The van der Waals surface area contributed by atoms with Crippen molar-refractivity contribution in [3.63, 3.8) is 0 Å². The smallest absolute Gasteiger partial charge is 0.273 e. The van der Waals surface area contributed by atoms with Gasteiger partial charge in [0.15, 0.2) is 5.84 Å². The van der Waals surface area contributed by atoms with E-state index in [1.807, 2.05) is 42.1 Å². The lowest BCUT2D eigenvalue weighted by Crippen LogP contribution is -2.28. The van der Waals surface area contributed by atoms with E-state index in [2.05, 4.69) is 15.8 Å². The SMILES string of the molecule is Cn1cc(C=C2C(=O)NNC2=Nc2ccc(F)cc2)c2ccccc21. The summed E-state index contributed by atoms with van der Waals surface area (Å²) in [5, 5.41) is 1.05. The van der Waals surface area contributed by atoms with Gasteiger partial charge in [-0.25, -0.2) is 9.38 Å². The highest BCUT2D eigenvalue weighted by Gasteiger charge is 2.24. The Morgan fingerprint density at radius 2 is 1.84 bits per heavy atom.